The highest BCUT2D eigenvalue weighted by Gasteiger charge is 2.22. The Labute approximate surface area is 130 Å². The summed E-state index contributed by atoms with van der Waals surface area (Å²) in [5.41, 5.74) is 0.577. The molecule has 5 nitrogen and oxygen atoms in total. The number of carbonyl (C=O) groups is 1. The summed E-state index contributed by atoms with van der Waals surface area (Å²) in [6, 6.07) is 5.00. The molecule has 0 unspecified atom stereocenters. The molecule has 6 heteroatoms. The number of carbonyl (C=O) groups excluding carboxylic acids is 1. The highest BCUT2D eigenvalue weighted by atomic mass is 35.5. The molecule has 1 heterocycles. The molecule has 1 aliphatic heterocycles. The van der Waals surface area contributed by atoms with Gasteiger partial charge in [-0.2, -0.15) is 0 Å². The Balaban J connectivity index is 1.98. The number of likely N-dealkylation sites (N-methyl/N-ethyl adjacent to an activating group) is 1. The quantitative estimate of drug-likeness (QED) is 0.906. The lowest BCUT2D eigenvalue weighted by Gasteiger charge is -2.24. The van der Waals surface area contributed by atoms with E-state index in [2.05, 4.69) is 5.32 Å². The zero-order valence-corrected chi connectivity index (χ0v) is 13.2. The molecule has 2 amide bonds. The van der Waals surface area contributed by atoms with Crippen LogP contribution in [-0.2, 0) is 4.74 Å². The number of halogens is 1. The van der Waals surface area contributed by atoms with Gasteiger partial charge in [-0.05, 0) is 31.9 Å². The predicted molar refractivity (Wildman–Crippen MR) is 83.2 cm³/mol. The molecule has 1 atom stereocenters. The number of nitrogens with zero attached hydrogens (tertiary/aromatic N) is 1. The highest BCUT2D eigenvalue weighted by molar-refractivity contribution is 6.33. The topological polar surface area (TPSA) is 50.8 Å². The van der Waals surface area contributed by atoms with Crippen molar-refractivity contribution < 1.29 is 14.3 Å². The maximum absolute atomic E-state index is 12.3. The number of hydrogen-bond donors (Lipinski definition) is 1. The Hall–Kier alpha value is -1.46. The molecule has 21 heavy (non-hydrogen) atoms. The van der Waals surface area contributed by atoms with Gasteiger partial charge >= 0.3 is 6.03 Å². The number of ether oxygens (including phenoxy) is 2. The zero-order valence-electron chi connectivity index (χ0n) is 12.4. The molecule has 0 aromatic heterocycles. The summed E-state index contributed by atoms with van der Waals surface area (Å²) < 4.78 is 10.7. The van der Waals surface area contributed by atoms with Gasteiger partial charge in [0.25, 0.3) is 0 Å². The van der Waals surface area contributed by atoms with Gasteiger partial charge in [0.05, 0.1) is 23.9 Å². The fourth-order valence-corrected chi connectivity index (χ4v) is 2.53. The van der Waals surface area contributed by atoms with E-state index in [0.717, 1.165) is 19.4 Å². The number of nitrogens with one attached hydrogen (secondary N) is 1. The molecule has 0 saturated carbocycles. The number of amides is 2. The second-order valence-electron chi connectivity index (χ2n) is 4.95. The first-order chi connectivity index (χ1) is 10.1. The van der Waals surface area contributed by atoms with Crippen LogP contribution in [0.2, 0.25) is 5.02 Å². The van der Waals surface area contributed by atoms with Crippen LogP contribution in [0.3, 0.4) is 0 Å². The number of rotatable bonds is 5. The second kappa shape index (κ2) is 7.52. The van der Waals surface area contributed by atoms with Crippen molar-refractivity contribution in [1.82, 2.24) is 4.90 Å². The monoisotopic (exact) mass is 312 g/mol. The van der Waals surface area contributed by atoms with E-state index < -0.39 is 0 Å². The van der Waals surface area contributed by atoms with Crippen molar-refractivity contribution in [2.75, 3.05) is 32.1 Å². The van der Waals surface area contributed by atoms with Gasteiger partial charge in [0.1, 0.15) is 5.75 Å². The van der Waals surface area contributed by atoms with E-state index >= 15 is 0 Å². The van der Waals surface area contributed by atoms with Crippen molar-refractivity contribution in [1.29, 1.82) is 0 Å². The lowest BCUT2D eigenvalue weighted by molar-refractivity contribution is 0.0849. The average Bonchev–Trinajstić information content (AvgIpc) is 2.99. The summed E-state index contributed by atoms with van der Waals surface area (Å²) in [5, 5.41) is 3.28. The van der Waals surface area contributed by atoms with Crippen LogP contribution in [0.1, 0.15) is 19.8 Å². The molecule has 2 rings (SSSR count). The SMILES string of the molecule is CCN(C[C@H]1CCCO1)C(=O)Nc1ccc(OC)cc1Cl. The van der Waals surface area contributed by atoms with Crippen molar-refractivity contribution in [3.63, 3.8) is 0 Å². The largest absolute Gasteiger partial charge is 0.497 e. The fraction of sp³-hybridized carbons (Fsp3) is 0.533. The molecule has 0 spiro atoms. The van der Waals surface area contributed by atoms with Crippen LogP contribution in [0.5, 0.6) is 5.75 Å². The van der Waals surface area contributed by atoms with Crippen molar-refractivity contribution >= 4 is 23.3 Å². The van der Waals surface area contributed by atoms with Crippen molar-refractivity contribution in [3.05, 3.63) is 23.2 Å². The maximum Gasteiger partial charge on any atom is 0.321 e. The third-order valence-electron chi connectivity index (χ3n) is 3.53. The normalized spacial score (nSPS) is 17.6. The molecule has 0 radical (unpaired) electrons. The average molecular weight is 313 g/mol. The lowest BCUT2D eigenvalue weighted by Crippen LogP contribution is -2.40. The van der Waals surface area contributed by atoms with Crippen LogP contribution >= 0.6 is 11.6 Å². The van der Waals surface area contributed by atoms with E-state index in [-0.39, 0.29) is 12.1 Å². The van der Waals surface area contributed by atoms with E-state index in [9.17, 15) is 4.79 Å². The molecule has 1 N–H and O–H groups in total. The van der Waals surface area contributed by atoms with Crippen LogP contribution in [0.25, 0.3) is 0 Å². The minimum absolute atomic E-state index is 0.141. The summed E-state index contributed by atoms with van der Waals surface area (Å²) in [7, 11) is 1.57. The summed E-state index contributed by atoms with van der Waals surface area (Å²) in [6.45, 7) is 3.97. The molecule has 1 aromatic carbocycles. The molecule has 1 saturated heterocycles. The van der Waals surface area contributed by atoms with Crippen molar-refractivity contribution in [2.45, 2.75) is 25.9 Å². The highest BCUT2D eigenvalue weighted by Crippen LogP contribution is 2.27. The molecular formula is C15H21ClN2O3. The van der Waals surface area contributed by atoms with E-state index in [4.69, 9.17) is 21.1 Å². The zero-order chi connectivity index (χ0) is 15.2. The molecular weight excluding hydrogens is 292 g/mol. The van der Waals surface area contributed by atoms with Gasteiger partial charge < -0.3 is 19.7 Å². The van der Waals surface area contributed by atoms with Crippen LogP contribution in [0, 0.1) is 0 Å². The first-order valence-corrected chi connectivity index (χ1v) is 7.53. The number of methoxy groups -OCH3 is 1. The number of benzene rings is 1. The van der Waals surface area contributed by atoms with E-state index in [0.29, 0.717) is 29.5 Å². The van der Waals surface area contributed by atoms with E-state index in [1.807, 2.05) is 6.92 Å². The second-order valence-corrected chi connectivity index (χ2v) is 5.36. The van der Waals surface area contributed by atoms with Gasteiger partial charge in [0.2, 0.25) is 0 Å². The van der Waals surface area contributed by atoms with Crippen LogP contribution in [0.4, 0.5) is 10.5 Å². The molecule has 1 aromatic rings. The summed E-state index contributed by atoms with van der Waals surface area (Å²) in [4.78, 5) is 14.0. The standard InChI is InChI=1S/C15H21ClN2O3/c1-3-18(10-12-5-4-8-21-12)15(19)17-14-7-6-11(20-2)9-13(14)16/h6-7,9,12H,3-5,8,10H2,1-2H3,(H,17,19)/t12-/m1/s1. The third kappa shape index (κ3) is 4.25. The number of urea groups is 1. The summed E-state index contributed by atoms with van der Waals surface area (Å²) >= 11 is 6.13. The lowest BCUT2D eigenvalue weighted by atomic mass is 10.2. The Morgan fingerprint density at radius 3 is 2.95 bits per heavy atom. The van der Waals surface area contributed by atoms with E-state index in [1.165, 1.54) is 0 Å². The van der Waals surface area contributed by atoms with Crippen LogP contribution in [-0.4, -0.2) is 43.8 Å². The van der Waals surface area contributed by atoms with Gasteiger partial charge in [-0.15, -0.1) is 0 Å². The molecule has 0 bridgehead atoms. The molecule has 1 aliphatic rings. The van der Waals surface area contributed by atoms with Gasteiger partial charge in [-0.25, -0.2) is 4.79 Å². The fourth-order valence-electron chi connectivity index (χ4n) is 2.31. The summed E-state index contributed by atoms with van der Waals surface area (Å²) in [6.07, 6.45) is 2.21. The van der Waals surface area contributed by atoms with Gasteiger partial charge in [0, 0.05) is 25.8 Å². The Kier molecular flexibility index (Phi) is 5.70. The van der Waals surface area contributed by atoms with E-state index in [1.54, 1.807) is 30.2 Å². The Bertz CT molecular complexity index is 490. The van der Waals surface area contributed by atoms with Crippen LogP contribution < -0.4 is 10.1 Å². The van der Waals surface area contributed by atoms with Gasteiger partial charge in [-0.3, -0.25) is 0 Å². The smallest absolute Gasteiger partial charge is 0.321 e. The van der Waals surface area contributed by atoms with Crippen molar-refractivity contribution in [3.8, 4) is 5.75 Å². The Morgan fingerprint density at radius 2 is 2.38 bits per heavy atom. The maximum atomic E-state index is 12.3. The number of hydrogen-bond acceptors (Lipinski definition) is 3. The molecule has 0 aliphatic carbocycles. The van der Waals surface area contributed by atoms with Gasteiger partial charge in [0.15, 0.2) is 0 Å². The minimum atomic E-state index is -0.167. The molecule has 1 fully saturated rings. The minimum Gasteiger partial charge on any atom is -0.497 e. The Morgan fingerprint density at radius 1 is 1.57 bits per heavy atom. The summed E-state index contributed by atoms with van der Waals surface area (Å²) in [5.74, 6) is 0.657. The molecule has 116 valence electrons. The first kappa shape index (κ1) is 15.9. The number of anilines is 1. The third-order valence-corrected chi connectivity index (χ3v) is 3.85. The van der Waals surface area contributed by atoms with Crippen molar-refractivity contribution in [2.24, 2.45) is 0 Å². The first-order valence-electron chi connectivity index (χ1n) is 7.15. The van der Waals surface area contributed by atoms with Gasteiger partial charge in [-0.1, -0.05) is 11.6 Å². The predicted octanol–water partition coefficient (Wildman–Crippen LogP) is 3.38. The van der Waals surface area contributed by atoms with Crippen LogP contribution in [0.15, 0.2) is 18.2 Å².